The van der Waals surface area contributed by atoms with Gasteiger partial charge >= 0.3 is 5.97 Å². The highest BCUT2D eigenvalue weighted by Gasteiger charge is 2.12. The second-order valence-electron chi connectivity index (χ2n) is 3.86. The number of carbonyl (C=O) groups is 1. The number of hydrogen-bond acceptors (Lipinski definition) is 6. The Morgan fingerprint density at radius 3 is 2.94 bits per heavy atom. The van der Waals surface area contributed by atoms with Crippen molar-refractivity contribution < 1.29 is 9.90 Å². The van der Waals surface area contributed by atoms with E-state index in [2.05, 4.69) is 15.3 Å². The smallest absolute Gasteiger partial charge is 0.365 e. The predicted molar refractivity (Wildman–Crippen MR) is 71.2 cm³/mol. The van der Waals surface area contributed by atoms with Gasteiger partial charge in [-0.15, -0.1) is 22.7 Å². The summed E-state index contributed by atoms with van der Waals surface area (Å²) < 4.78 is 0. The molecule has 0 fully saturated rings. The number of rotatable bonds is 5. The van der Waals surface area contributed by atoms with Crippen molar-refractivity contribution in [1.82, 2.24) is 15.3 Å². The molecule has 2 rings (SSSR count). The Hall–Kier alpha value is -1.31. The van der Waals surface area contributed by atoms with Gasteiger partial charge in [-0.3, -0.25) is 0 Å². The number of hydrogen-bond donors (Lipinski definition) is 2. The highest BCUT2D eigenvalue weighted by atomic mass is 32.1. The van der Waals surface area contributed by atoms with E-state index in [1.54, 1.807) is 16.7 Å². The van der Waals surface area contributed by atoms with Gasteiger partial charge in [0.05, 0.1) is 11.7 Å². The van der Waals surface area contributed by atoms with Gasteiger partial charge in [-0.2, -0.15) is 0 Å². The molecular formula is C11H13N3O2S2. The minimum atomic E-state index is -0.977. The number of aryl methyl sites for hydroxylation is 1. The van der Waals surface area contributed by atoms with Gasteiger partial charge in [-0.25, -0.2) is 14.8 Å². The standard InChI is InChI=1S/C11H13N3O2S2/c1-6-3-13-9(18-6)7(2)12-4-8-5-17-10(14-8)11(15)16/h3,5,7,12H,4H2,1-2H3,(H,15,16). The SMILES string of the molecule is Cc1cnc(C(C)NCc2csc(C(=O)O)n2)s1. The van der Waals surface area contributed by atoms with E-state index >= 15 is 0 Å². The third kappa shape index (κ3) is 3.12. The molecule has 2 N–H and O–H groups in total. The number of aromatic carboxylic acids is 1. The second-order valence-corrected chi connectivity index (χ2v) is 5.99. The summed E-state index contributed by atoms with van der Waals surface area (Å²) in [7, 11) is 0. The summed E-state index contributed by atoms with van der Waals surface area (Å²) in [5, 5.41) is 15.0. The van der Waals surface area contributed by atoms with Gasteiger partial charge in [-0.1, -0.05) is 0 Å². The Morgan fingerprint density at radius 2 is 2.39 bits per heavy atom. The molecule has 2 heterocycles. The van der Waals surface area contributed by atoms with Crippen LogP contribution in [0.4, 0.5) is 0 Å². The molecule has 0 saturated heterocycles. The predicted octanol–water partition coefficient (Wildman–Crippen LogP) is 2.46. The quantitative estimate of drug-likeness (QED) is 0.881. The molecule has 7 heteroatoms. The van der Waals surface area contributed by atoms with Crippen molar-refractivity contribution >= 4 is 28.6 Å². The lowest BCUT2D eigenvalue weighted by Crippen LogP contribution is -2.18. The average Bonchev–Trinajstić information content (AvgIpc) is 2.94. The molecule has 0 radical (unpaired) electrons. The van der Waals surface area contributed by atoms with Crippen LogP contribution in [0.1, 0.15) is 38.3 Å². The number of nitrogens with one attached hydrogen (secondary N) is 1. The molecule has 96 valence electrons. The first kappa shape index (κ1) is 13.1. The molecule has 0 bridgehead atoms. The molecule has 18 heavy (non-hydrogen) atoms. The number of carboxylic acids is 1. The van der Waals surface area contributed by atoms with Gasteiger partial charge in [0, 0.05) is 23.0 Å². The van der Waals surface area contributed by atoms with E-state index in [-0.39, 0.29) is 11.0 Å². The van der Waals surface area contributed by atoms with Crippen LogP contribution in [0.5, 0.6) is 0 Å². The van der Waals surface area contributed by atoms with Gasteiger partial charge in [0.15, 0.2) is 0 Å². The van der Waals surface area contributed by atoms with Gasteiger partial charge < -0.3 is 10.4 Å². The lowest BCUT2D eigenvalue weighted by atomic mass is 10.3. The fraction of sp³-hybridized carbons (Fsp3) is 0.364. The molecule has 1 atom stereocenters. The summed E-state index contributed by atoms with van der Waals surface area (Å²) in [4.78, 5) is 20.2. The molecule has 2 aromatic heterocycles. The monoisotopic (exact) mass is 283 g/mol. The lowest BCUT2D eigenvalue weighted by Gasteiger charge is -2.09. The summed E-state index contributed by atoms with van der Waals surface area (Å²) >= 11 is 2.80. The first-order chi connectivity index (χ1) is 8.56. The largest absolute Gasteiger partial charge is 0.476 e. The van der Waals surface area contributed by atoms with Crippen molar-refractivity contribution in [1.29, 1.82) is 0 Å². The van der Waals surface area contributed by atoms with E-state index in [1.807, 2.05) is 20.0 Å². The highest BCUT2D eigenvalue weighted by molar-refractivity contribution is 7.11. The zero-order valence-corrected chi connectivity index (χ0v) is 11.6. The van der Waals surface area contributed by atoms with E-state index in [4.69, 9.17) is 5.11 Å². The summed E-state index contributed by atoms with van der Waals surface area (Å²) in [6, 6.07) is 0.138. The molecule has 0 amide bonds. The molecule has 0 spiro atoms. The third-order valence-corrected chi connectivity index (χ3v) is 4.31. The lowest BCUT2D eigenvalue weighted by molar-refractivity contribution is 0.0696. The van der Waals surface area contributed by atoms with Crippen LogP contribution in [-0.4, -0.2) is 21.0 Å². The third-order valence-electron chi connectivity index (χ3n) is 2.33. The van der Waals surface area contributed by atoms with Crippen LogP contribution < -0.4 is 5.32 Å². The highest BCUT2D eigenvalue weighted by Crippen LogP contribution is 2.19. The molecular weight excluding hydrogens is 270 g/mol. The Labute approximate surface area is 113 Å². The Kier molecular flexibility index (Phi) is 4.05. The van der Waals surface area contributed by atoms with Crippen LogP contribution in [0.3, 0.4) is 0 Å². The number of aromatic nitrogens is 2. The Morgan fingerprint density at radius 1 is 1.61 bits per heavy atom. The van der Waals surface area contributed by atoms with Gasteiger partial charge in [0.1, 0.15) is 5.01 Å². The normalized spacial score (nSPS) is 12.6. The van der Waals surface area contributed by atoms with Crippen molar-refractivity contribution in [3.05, 3.63) is 32.2 Å². The molecule has 1 unspecified atom stereocenters. The van der Waals surface area contributed by atoms with E-state index < -0.39 is 5.97 Å². The molecule has 0 saturated carbocycles. The van der Waals surface area contributed by atoms with Crippen LogP contribution >= 0.6 is 22.7 Å². The fourth-order valence-electron chi connectivity index (χ4n) is 1.40. The molecule has 0 aromatic carbocycles. The zero-order chi connectivity index (χ0) is 13.1. The maximum atomic E-state index is 10.7. The van der Waals surface area contributed by atoms with E-state index in [0.717, 1.165) is 22.0 Å². The van der Waals surface area contributed by atoms with E-state index in [0.29, 0.717) is 6.54 Å². The summed E-state index contributed by atoms with van der Waals surface area (Å²) in [5.41, 5.74) is 0.748. The number of carboxylic acid groups (broad SMARTS) is 1. The van der Waals surface area contributed by atoms with E-state index in [9.17, 15) is 4.79 Å². The summed E-state index contributed by atoms with van der Waals surface area (Å²) in [5.74, 6) is -0.977. The second kappa shape index (κ2) is 5.55. The van der Waals surface area contributed by atoms with Crippen molar-refractivity contribution in [3.63, 3.8) is 0 Å². The van der Waals surface area contributed by atoms with Gasteiger partial charge in [0.2, 0.25) is 5.01 Å². The molecule has 0 aliphatic rings. The average molecular weight is 283 g/mol. The van der Waals surface area contributed by atoms with Crippen LogP contribution in [0, 0.1) is 6.92 Å². The van der Waals surface area contributed by atoms with Gasteiger partial charge in [0.25, 0.3) is 0 Å². The van der Waals surface area contributed by atoms with Crippen molar-refractivity contribution in [3.8, 4) is 0 Å². The van der Waals surface area contributed by atoms with Crippen LogP contribution in [0.15, 0.2) is 11.6 Å². The Balaban J connectivity index is 1.92. The van der Waals surface area contributed by atoms with E-state index in [1.165, 1.54) is 4.88 Å². The summed E-state index contributed by atoms with van der Waals surface area (Å²) in [6.07, 6.45) is 1.85. The maximum absolute atomic E-state index is 10.7. The molecule has 0 aliphatic carbocycles. The van der Waals surface area contributed by atoms with Crippen LogP contribution in [0.2, 0.25) is 0 Å². The minimum Gasteiger partial charge on any atom is -0.476 e. The molecule has 0 aliphatic heterocycles. The van der Waals surface area contributed by atoms with Crippen molar-refractivity contribution in [2.24, 2.45) is 0 Å². The molecule has 2 aromatic rings. The first-order valence-electron chi connectivity index (χ1n) is 5.39. The topological polar surface area (TPSA) is 75.1 Å². The maximum Gasteiger partial charge on any atom is 0.365 e. The Bertz CT molecular complexity index is 550. The fourth-order valence-corrected chi connectivity index (χ4v) is 2.86. The zero-order valence-electron chi connectivity index (χ0n) is 10.0. The number of thiazole rings is 2. The summed E-state index contributed by atoms with van der Waals surface area (Å²) in [6.45, 7) is 4.60. The minimum absolute atomic E-state index is 0.129. The first-order valence-corrected chi connectivity index (χ1v) is 7.09. The van der Waals surface area contributed by atoms with Crippen LogP contribution in [-0.2, 0) is 6.54 Å². The van der Waals surface area contributed by atoms with Gasteiger partial charge in [-0.05, 0) is 13.8 Å². The molecule has 5 nitrogen and oxygen atoms in total. The van der Waals surface area contributed by atoms with Crippen molar-refractivity contribution in [2.45, 2.75) is 26.4 Å². The number of nitrogens with zero attached hydrogens (tertiary/aromatic N) is 2. The van der Waals surface area contributed by atoms with Crippen LogP contribution in [0.25, 0.3) is 0 Å². The van der Waals surface area contributed by atoms with Crippen molar-refractivity contribution in [2.75, 3.05) is 0 Å².